The molecule has 0 amide bonds. The minimum atomic E-state index is -0.199. The number of hydrogen-bond donors (Lipinski definition) is 0. The van der Waals surface area contributed by atoms with Crippen molar-refractivity contribution in [1.82, 2.24) is 9.13 Å². The summed E-state index contributed by atoms with van der Waals surface area (Å²) in [6.45, 7) is 9.53. The van der Waals surface area contributed by atoms with Gasteiger partial charge in [0, 0.05) is 61.0 Å². The molecule has 10 aromatic carbocycles. The van der Waals surface area contributed by atoms with Crippen LogP contribution in [0.25, 0.3) is 88.7 Å². The van der Waals surface area contributed by atoms with Crippen molar-refractivity contribution in [3.63, 3.8) is 0 Å². The van der Waals surface area contributed by atoms with E-state index in [0.717, 1.165) is 22.7 Å². The molecular formula is C68H51N3. The topological polar surface area (TPSA) is 13.1 Å². The Morgan fingerprint density at radius 3 is 1.48 bits per heavy atom. The highest BCUT2D eigenvalue weighted by atomic mass is 15.1. The summed E-state index contributed by atoms with van der Waals surface area (Å²) in [5.74, 6) is 0. The normalized spacial score (nSPS) is 13.9. The van der Waals surface area contributed by atoms with E-state index in [1.165, 1.54) is 105 Å². The summed E-state index contributed by atoms with van der Waals surface area (Å²) in [7, 11) is 0. The van der Waals surface area contributed by atoms with Crippen LogP contribution in [0.5, 0.6) is 0 Å². The quantitative estimate of drug-likeness (QED) is 0.155. The summed E-state index contributed by atoms with van der Waals surface area (Å²) in [5, 5.41) is 3.75. The van der Waals surface area contributed by atoms with Gasteiger partial charge >= 0.3 is 0 Å². The Kier molecular flexibility index (Phi) is 8.98. The predicted octanol–water partition coefficient (Wildman–Crippen LogP) is 18.1. The van der Waals surface area contributed by atoms with Crippen LogP contribution < -0.4 is 4.90 Å². The van der Waals surface area contributed by atoms with Gasteiger partial charge in [0.1, 0.15) is 0 Å². The Morgan fingerprint density at radius 1 is 0.310 bits per heavy atom. The van der Waals surface area contributed by atoms with Crippen LogP contribution in [0.3, 0.4) is 0 Å². The Labute approximate surface area is 415 Å². The van der Waals surface area contributed by atoms with E-state index >= 15 is 0 Å². The lowest BCUT2D eigenvalue weighted by atomic mass is 9.81. The standard InChI is InChI=1S/C68H51N3/c1-67(2)59-26-16-14-24-53(59)54-38-37-52(41-61(54)67)69(49-31-28-46(29-32-49)44-18-8-5-9-19-44)50-33-35-51(36-34-50)70-62-39-30-47(45-20-10-6-11-21-45)40-56(62)57-42-64-58(43-63(57)70)65-66(71(64)48-22-12-7-13-23-48)55-25-15-17-27-60(55)68(65,3)4/h5-43H,1-4H3. The van der Waals surface area contributed by atoms with E-state index in [4.69, 9.17) is 0 Å². The van der Waals surface area contributed by atoms with Crippen LogP contribution in [0.2, 0.25) is 0 Å². The van der Waals surface area contributed by atoms with Crippen LogP contribution in [-0.2, 0) is 10.8 Å². The maximum absolute atomic E-state index is 2.52. The highest BCUT2D eigenvalue weighted by Crippen LogP contribution is 2.55. The SMILES string of the molecule is CC1(C)c2ccccc2-c2ccc(N(c3ccc(-c4ccccc4)cc3)c3ccc(-n4c5ccc(-c6ccccc6)cc5c5cc6c(cc54)c4c(n6-c5ccccc5)-c5ccccc5C4(C)C)cc3)cc21. The fourth-order valence-corrected chi connectivity index (χ4v) is 12.5. The van der Waals surface area contributed by atoms with Crippen molar-refractivity contribution in [2.75, 3.05) is 4.90 Å². The molecule has 2 aromatic heterocycles. The largest absolute Gasteiger partial charge is 0.310 e. The summed E-state index contributed by atoms with van der Waals surface area (Å²) in [4.78, 5) is 2.43. The molecule has 0 saturated heterocycles. The van der Waals surface area contributed by atoms with Gasteiger partial charge in [-0.15, -0.1) is 0 Å². The first-order valence-corrected chi connectivity index (χ1v) is 24.9. The number of fused-ring (bicyclic) bond motifs is 11. The number of rotatable bonds is 7. The van der Waals surface area contributed by atoms with Crippen molar-refractivity contribution in [2.45, 2.75) is 38.5 Å². The predicted molar refractivity (Wildman–Crippen MR) is 298 cm³/mol. The van der Waals surface area contributed by atoms with Gasteiger partial charge in [-0.25, -0.2) is 0 Å². The minimum Gasteiger partial charge on any atom is -0.310 e. The van der Waals surface area contributed by atoms with Gasteiger partial charge in [0.25, 0.3) is 0 Å². The third-order valence-corrected chi connectivity index (χ3v) is 15.9. The molecule has 12 aromatic rings. The molecular weight excluding hydrogens is 859 g/mol. The van der Waals surface area contributed by atoms with Crippen LogP contribution >= 0.6 is 0 Å². The van der Waals surface area contributed by atoms with Gasteiger partial charge in [-0.3, -0.25) is 0 Å². The van der Waals surface area contributed by atoms with Crippen molar-refractivity contribution in [3.8, 4) is 56.0 Å². The van der Waals surface area contributed by atoms with E-state index in [9.17, 15) is 0 Å². The van der Waals surface area contributed by atoms with Gasteiger partial charge in [-0.1, -0.05) is 179 Å². The summed E-state index contributed by atoms with van der Waals surface area (Å²) in [6.07, 6.45) is 0. The molecule has 3 nitrogen and oxygen atoms in total. The van der Waals surface area contributed by atoms with Crippen molar-refractivity contribution in [1.29, 1.82) is 0 Å². The lowest BCUT2D eigenvalue weighted by Gasteiger charge is -2.28. The third kappa shape index (κ3) is 6.15. The molecule has 0 aliphatic heterocycles. The first-order chi connectivity index (χ1) is 34.7. The van der Waals surface area contributed by atoms with Crippen molar-refractivity contribution >= 4 is 49.8 Å². The lowest BCUT2D eigenvalue weighted by Crippen LogP contribution is -2.16. The molecule has 14 rings (SSSR count). The second-order valence-corrected chi connectivity index (χ2v) is 20.6. The summed E-state index contributed by atoms with van der Waals surface area (Å²) >= 11 is 0. The second kappa shape index (κ2) is 15.4. The Balaban J connectivity index is 0.976. The van der Waals surface area contributed by atoms with E-state index in [1.807, 2.05) is 0 Å². The zero-order chi connectivity index (χ0) is 47.6. The molecule has 2 aliphatic carbocycles. The number of benzene rings is 10. The highest BCUT2D eigenvalue weighted by Gasteiger charge is 2.41. The first kappa shape index (κ1) is 41.3. The molecule has 0 N–H and O–H groups in total. The molecule has 0 unspecified atom stereocenters. The summed E-state index contributed by atoms with van der Waals surface area (Å²) in [5.41, 5.74) is 24.5. The number of hydrogen-bond acceptors (Lipinski definition) is 1. The Hall–Kier alpha value is -8.66. The van der Waals surface area contributed by atoms with Crippen molar-refractivity contribution in [2.24, 2.45) is 0 Å². The van der Waals surface area contributed by atoms with Crippen molar-refractivity contribution < 1.29 is 0 Å². The summed E-state index contributed by atoms with van der Waals surface area (Å²) in [6, 6.07) is 87.6. The van der Waals surface area contributed by atoms with Gasteiger partial charge in [-0.05, 0) is 141 Å². The van der Waals surface area contributed by atoms with Gasteiger partial charge < -0.3 is 14.0 Å². The number of aromatic nitrogens is 2. The maximum atomic E-state index is 2.52. The molecule has 3 heteroatoms. The van der Waals surface area contributed by atoms with Gasteiger partial charge in [-0.2, -0.15) is 0 Å². The Morgan fingerprint density at radius 2 is 0.789 bits per heavy atom. The van der Waals surface area contributed by atoms with E-state index in [0.29, 0.717) is 0 Å². The lowest BCUT2D eigenvalue weighted by molar-refractivity contribution is 0.660. The van der Waals surface area contributed by atoms with Crippen LogP contribution in [-0.4, -0.2) is 9.13 Å². The van der Waals surface area contributed by atoms with Gasteiger partial charge in [0.15, 0.2) is 0 Å². The zero-order valence-corrected chi connectivity index (χ0v) is 40.4. The van der Waals surface area contributed by atoms with E-state index in [1.54, 1.807) is 0 Å². The smallest absolute Gasteiger partial charge is 0.0585 e. The molecule has 0 radical (unpaired) electrons. The van der Waals surface area contributed by atoms with Crippen LogP contribution in [0.4, 0.5) is 17.1 Å². The average molecular weight is 910 g/mol. The van der Waals surface area contributed by atoms with Crippen molar-refractivity contribution in [3.05, 3.63) is 259 Å². The number of anilines is 3. The molecule has 71 heavy (non-hydrogen) atoms. The molecule has 2 heterocycles. The molecule has 0 atom stereocenters. The molecule has 0 bridgehead atoms. The van der Waals surface area contributed by atoms with Crippen LogP contribution in [0.1, 0.15) is 49.9 Å². The minimum absolute atomic E-state index is 0.128. The van der Waals surface area contributed by atoms with E-state index < -0.39 is 0 Å². The number of nitrogens with zero attached hydrogens (tertiary/aromatic N) is 3. The fourth-order valence-electron chi connectivity index (χ4n) is 12.5. The molecule has 0 fully saturated rings. The van der Waals surface area contributed by atoms with Gasteiger partial charge in [0.2, 0.25) is 0 Å². The number of para-hydroxylation sites is 1. The molecule has 2 aliphatic rings. The molecule has 338 valence electrons. The van der Waals surface area contributed by atoms with Crippen LogP contribution in [0.15, 0.2) is 237 Å². The maximum Gasteiger partial charge on any atom is 0.0585 e. The fraction of sp³-hybridized carbons (Fsp3) is 0.0882. The monoisotopic (exact) mass is 909 g/mol. The first-order valence-electron chi connectivity index (χ1n) is 24.9. The van der Waals surface area contributed by atoms with E-state index in [2.05, 4.69) is 278 Å². The molecule has 0 spiro atoms. The van der Waals surface area contributed by atoms with Crippen LogP contribution in [0, 0.1) is 0 Å². The second-order valence-electron chi connectivity index (χ2n) is 20.6. The Bertz CT molecular complexity index is 4060. The zero-order valence-electron chi connectivity index (χ0n) is 40.4. The van der Waals surface area contributed by atoms with Gasteiger partial charge in [0.05, 0.1) is 22.2 Å². The summed E-state index contributed by atoms with van der Waals surface area (Å²) < 4.78 is 5.02. The van der Waals surface area contributed by atoms with E-state index in [-0.39, 0.29) is 10.8 Å². The molecule has 0 saturated carbocycles. The highest BCUT2D eigenvalue weighted by molar-refractivity contribution is 6.16. The average Bonchev–Trinajstić information content (AvgIpc) is 4.08. The third-order valence-electron chi connectivity index (χ3n) is 15.9.